The van der Waals surface area contributed by atoms with Crippen molar-refractivity contribution in [3.63, 3.8) is 0 Å². The van der Waals surface area contributed by atoms with Gasteiger partial charge in [0.15, 0.2) is 0 Å². The third kappa shape index (κ3) is 3.64. The first-order valence-corrected chi connectivity index (χ1v) is 7.97. The number of fused-ring (bicyclic) bond motifs is 1. The van der Waals surface area contributed by atoms with Crippen LogP contribution in [0.1, 0.15) is 30.0 Å². The molecule has 2 N–H and O–H groups in total. The van der Waals surface area contributed by atoms with Crippen molar-refractivity contribution in [2.45, 2.75) is 33.1 Å². The molecule has 6 heteroatoms. The number of carbonyl (C=O) groups excluding carboxylic acids is 1. The van der Waals surface area contributed by atoms with Crippen molar-refractivity contribution in [3.05, 3.63) is 34.9 Å². The van der Waals surface area contributed by atoms with Gasteiger partial charge in [0.1, 0.15) is 0 Å². The number of hydrogen-bond acceptors (Lipinski definition) is 3. The molecule has 6 nitrogen and oxygen atoms in total. The zero-order chi connectivity index (χ0) is 16.4. The van der Waals surface area contributed by atoms with Gasteiger partial charge in [-0.05, 0) is 29.0 Å². The van der Waals surface area contributed by atoms with Gasteiger partial charge in [0.2, 0.25) is 0 Å². The fourth-order valence-corrected chi connectivity index (χ4v) is 3.32. The number of benzene rings is 1. The van der Waals surface area contributed by atoms with Gasteiger partial charge in [0.05, 0.1) is 19.1 Å². The predicted molar refractivity (Wildman–Crippen MR) is 83.7 cm³/mol. The Labute approximate surface area is 135 Å². The predicted octanol–water partition coefficient (Wildman–Crippen LogP) is 1.97. The van der Waals surface area contributed by atoms with Crippen molar-refractivity contribution in [1.29, 1.82) is 0 Å². The molecule has 2 atom stereocenters. The Morgan fingerprint density at radius 3 is 2.87 bits per heavy atom. The zero-order valence-electron chi connectivity index (χ0n) is 13.2. The average molecular weight is 318 g/mol. The molecule has 124 valence electrons. The lowest BCUT2D eigenvalue weighted by Crippen LogP contribution is -2.49. The smallest absolute Gasteiger partial charge is 0.317 e. The summed E-state index contributed by atoms with van der Waals surface area (Å²) in [6.07, 6.45) is 0.629. The topological polar surface area (TPSA) is 78.9 Å². The van der Waals surface area contributed by atoms with E-state index in [0.717, 1.165) is 5.56 Å². The van der Waals surface area contributed by atoms with Crippen LogP contribution in [0.2, 0.25) is 0 Å². The van der Waals surface area contributed by atoms with Crippen LogP contribution in [0, 0.1) is 11.8 Å². The number of likely N-dealkylation sites (tertiary alicyclic amines) is 1. The van der Waals surface area contributed by atoms with Gasteiger partial charge in [-0.1, -0.05) is 25.1 Å². The molecule has 0 aromatic heterocycles. The molecule has 23 heavy (non-hydrogen) atoms. The molecule has 1 fully saturated rings. The molecule has 0 radical (unpaired) electrons. The first-order valence-electron chi connectivity index (χ1n) is 7.97. The maximum atomic E-state index is 12.3. The number of carboxylic acid groups (broad SMARTS) is 1. The van der Waals surface area contributed by atoms with Gasteiger partial charge in [0.25, 0.3) is 0 Å². The molecule has 1 aromatic carbocycles. The summed E-state index contributed by atoms with van der Waals surface area (Å²) in [6.45, 7) is 4.59. The average Bonchev–Trinajstić information content (AvgIpc) is 2.99. The molecule has 0 saturated carbocycles. The van der Waals surface area contributed by atoms with Gasteiger partial charge in [-0.25, -0.2) is 4.79 Å². The van der Waals surface area contributed by atoms with Gasteiger partial charge < -0.3 is 20.1 Å². The minimum Gasteiger partial charge on any atom is -0.481 e. The highest BCUT2D eigenvalue weighted by Gasteiger charge is 2.31. The van der Waals surface area contributed by atoms with E-state index in [0.29, 0.717) is 32.7 Å². The zero-order valence-corrected chi connectivity index (χ0v) is 13.2. The molecule has 0 spiro atoms. The summed E-state index contributed by atoms with van der Waals surface area (Å²) in [5.41, 5.74) is 3.41. The highest BCUT2D eigenvalue weighted by molar-refractivity contribution is 5.76. The van der Waals surface area contributed by atoms with E-state index in [1.807, 2.05) is 19.1 Å². The Kier molecular flexibility index (Phi) is 4.52. The molecule has 0 aliphatic carbocycles. The van der Waals surface area contributed by atoms with E-state index >= 15 is 0 Å². The van der Waals surface area contributed by atoms with Gasteiger partial charge >= 0.3 is 12.0 Å². The standard InChI is InChI=1S/C17H22N2O4/c1-11-4-14(16(20)21)8-19(7-11)17(22)18-6-12-2-3-13-9-23-10-15(13)5-12/h2-3,5,11,14H,4,6-10H2,1H3,(H,18,22)(H,20,21). The molecule has 2 amide bonds. The van der Waals surface area contributed by atoms with E-state index in [1.54, 1.807) is 4.90 Å². The first-order chi connectivity index (χ1) is 11.0. The summed E-state index contributed by atoms with van der Waals surface area (Å²) >= 11 is 0. The van der Waals surface area contributed by atoms with Crippen molar-refractivity contribution >= 4 is 12.0 Å². The highest BCUT2D eigenvalue weighted by Crippen LogP contribution is 2.23. The number of piperidine rings is 1. The largest absolute Gasteiger partial charge is 0.481 e. The second-order valence-electron chi connectivity index (χ2n) is 6.54. The third-order valence-electron chi connectivity index (χ3n) is 4.53. The Balaban J connectivity index is 1.57. The summed E-state index contributed by atoms with van der Waals surface area (Å²) < 4.78 is 5.39. The molecule has 2 unspecified atom stereocenters. The number of nitrogens with one attached hydrogen (secondary N) is 1. The first kappa shape index (κ1) is 15.8. The fraction of sp³-hybridized carbons (Fsp3) is 0.529. The summed E-state index contributed by atoms with van der Waals surface area (Å²) in [4.78, 5) is 25.1. The van der Waals surface area contributed by atoms with Crippen LogP contribution in [0.5, 0.6) is 0 Å². The Morgan fingerprint density at radius 2 is 2.09 bits per heavy atom. The molecule has 3 rings (SSSR count). The van der Waals surface area contributed by atoms with Crippen LogP contribution in [0.15, 0.2) is 18.2 Å². The normalized spacial score (nSPS) is 23.4. The fourth-order valence-electron chi connectivity index (χ4n) is 3.32. The van der Waals surface area contributed by atoms with Crippen LogP contribution in [-0.4, -0.2) is 35.1 Å². The van der Waals surface area contributed by atoms with Crippen LogP contribution in [0.25, 0.3) is 0 Å². The van der Waals surface area contributed by atoms with E-state index in [4.69, 9.17) is 4.74 Å². The van der Waals surface area contributed by atoms with E-state index in [2.05, 4.69) is 11.4 Å². The summed E-state index contributed by atoms with van der Waals surface area (Å²) in [6, 6.07) is 5.89. The number of hydrogen-bond donors (Lipinski definition) is 2. The van der Waals surface area contributed by atoms with E-state index in [1.165, 1.54) is 11.1 Å². The van der Waals surface area contributed by atoms with Crippen LogP contribution in [-0.2, 0) is 29.3 Å². The minimum atomic E-state index is -0.826. The maximum Gasteiger partial charge on any atom is 0.317 e. The second kappa shape index (κ2) is 6.58. The number of urea groups is 1. The van der Waals surface area contributed by atoms with Crippen molar-refractivity contribution in [2.24, 2.45) is 11.8 Å². The number of aliphatic carboxylic acids is 1. The lowest BCUT2D eigenvalue weighted by molar-refractivity contribution is -0.143. The van der Waals surface area contributed by atoms with Crippen molar-refractivity contribution < 1.29 is 19.4 Å². The minimum absolute atomic E-state index is 0.195. The Hall–Kier alpha value is -2.08. The van der Waals surface area contributed by atoms with Crippen LogP contribution in [0.4, 0.5) is 4.79 Å². The molecular formula is C17H22N2O4. The monoisotopic (exact) mass is 318 g/mol. The Morgan fingerprint density at radius 1 is 1.30 bits per heavy atom. The quantitative estimate of drug-likeness (QED) is 0.893. The molecule has 2 aliphatic rings. The lowest BCUT2D eigenvalue weighted by atomic mass is 9.91. The highest BCUT2D eigenvalue weighted by atomic mass is 16.5. The molecule has 1 aromatic rings. The van der Waals surface area contributed by atoms with Crippen molar-refractivity contribution in [2.75, 3.05) is 13.1 Å². The van der Waals surface area contributed by atoms with E-state index in [9.17, 15) is 14.7 Å². The van der Waals surface area contributed by atoms with Crippen molar-refractivity contribution in [1.82, 2.24) is 10.2 Å². The van der Waals surface area contributed by atoms with Crippen LogP contribution >= 0.6 is 0 Å². The number of rotatable bonds is 3. The SMILES string of the molecule is CC1CC(C(=O)O)CN(C(=O)NCc2ccc3c(c2)COC3)C1. The third-order valence-corrected chi connectivity index (χ3v) is 4.53. The van der Waals surface area contributed by atoms with Gasteiger partial charge in [0, 0.05) is 19.6 Å². The summed E-state index contributed by atoms with van der Waals surface area (Å²) in [7, 11) is 0. The number of carboxylic acids is 1. The Bertz CT molecular complexity index is 617. The van der Waals surface area contributed by atoms with Crippen LogP contribution < -0.4 is 5.32 Å². The maximum absolute atomic E-state index is 12.3. The summed E-state index contributed by atoms with van der Waals surface area (Å²) in [5.74, 6) is -1.10. The van der Waals surface area contributed by atoms with E-state index < -0.39 is 11.9 Å². The molecule has 2 heterocycles. The molecular weight excluding hydrogens is 296 g/mol. The second-order valence-corrected chi connectivity index (χ2v) is 6.54. The number of nitrogens with zero attached hydrogens (tertiary/aromatic N) is 1. The lowest BCUT2D eigenvalue weighted by Gasteiger charge is -2.34. The van der Waals surface area contributed by atoms with Crippen molar-refractivity contribution in [3.8, 4) is 0 Å². The van der Waals surface area contributed by atoms with Gasteiger partial charge in [-0.15, -0.1) is 0 Å². The van der Waals surface area contributed by atoms with Gasteiger partial charge in [-0.2, -0.15) is 0 Å². The van der Waals surface area contributed by atoms with Gasteiger partial charge in [-0.3, -0.25) is 4.79 Å². The molecule has 1 saturated heterocycles. The summed E-state index contributed by atoms with van der Waals surface area (Å²) in [5, 5.41) is 12.1. The number of amides is 2. The van der Waals surface area contributed by atoms with E-state index in [-0.39, 0.29) is 18.5 Å². The van der Waals surface area contributed by atoms with Crippen LogP contribution in [0.3, 0.4) is 0 Å². The number of carbonyl (C=O) groups is 2. The molecule has 2 aliphatic heterocycles. The number of ether oxygens (including phenoxy) is 1. The molecule has 0 bridgehead atoms.